The largest absolute Gasteiger partial charge is 0.497 e. The van der Waals surface area contributed by atoms with Crippen molar-refractivity contribution in [2.24, 2.45) is 0 Å². The number of carbonyl (C=O) groups excluding carboxylic acids is 2. The van der Waals surface area contributed by atoms with Crippen LogP contribution in [0.25, 0.3) is 0 Å². The van der Waals surface area contributed by atoms with Crippen LogP contribution in [0, 0.1) is 5.82 Å². The van der Waals surface area contributed by atoms with Crippen LogP contribution in [0.1, 0.15) is 31.4 Å². The van der Waals surface area contributed by atoms with E-state index in [0.29, 0.717) is 6.54 Å². The van der Waals surface area contributed by atoms with Crippen molar-refractivity contribution in [1.29, 1.82) is 0 Å². The predicted octanol–water partition coefficient (Wildman–Crippen LogP) is 3.28. The van der Waals surface area contributed by atoms with Crippen molar-refractivity contribution in [3.63, 3.8) is 0 Å². The van der Waals surface area contributed by atoms with Gasteiger partial charge in [-0.05, 0) is 42.3 Å². The van der Waals surface area contributed by atoms with E-state index in [1.807, 2.05) is 24.3 Å². The van der Waals surface area contributed by atoms with E-state index in [1.54, 1.807) is 33.1 Å². The summed E-state index contributed by atoms with van der Waals surface area (Å²) in [5.74, 6) is 0.0380. The molecule has 1 atom stereocenters. The van der Waals surface area contributed by atoms with Crippen LogP contribution in [-0.4, -0.2) is 29.9 Å². The highest BCUT2D eigenvalue weighted by molar-refractivity contribution is 5.87. The van der Waals surface area contributed by atoms with Gasteiger partial charge in [-0.2, -0.15) is 0 Å². The lowest BCUT2D eigenvalue weighted by Crippen LogP contribution is -2.47. The van der Waals surface area contributed by atoms with Crippen molar-refractivity contribution in [2.45, 2.75) is 39.4 Å². The van der Waals surface area contributed by atoms with Crippen LogP contribution in [-0.2, 0) is 22.7 Å². The molecule has 0 aromatic heterocycles. The summed E-state index contributed by atoms with van der Waals surface area (Å²) in [7, 11) is 1.60. The average molecular weight is 372 g/mol. The van der Waals surface area contributed by atoms with E-state index in [1.165, 1.54) is 17.0 Å². The van der Waals surface area contributed by atoms with Gasteiger partial charge in [-0.3, -0.25) is 9.59 Å². The highest BCUT2D eigenvalue weighted by atomic mass is 19.1. The molecule has 1 N–H and O–H groups in total. The lowest BCUT2D eigenvalue weighted by Gasteiger charge is -2.28. The maximum atomic E-state index is 13.1. The second-order valence-corrected chi connectivity index (χ2v) is 6.24. The van der Waals surface area contributed by atoms with E-state index in [4.69, 9.17) is 4.74 Å². The van der Waals surface area contributed by atoms with Crippen molar-refractivity contribution >= 4 is 11.8 Å². The smallest absolute Gasteiger partial charge is 0.242 e. The molecular formula is C21H25FN2O3. The molecule has 0 unspecified atom stereocenters. The molecule has 0 aliphatic carbocycles. The van der Waals surface area contributed by atoms with Crippen molar-refractivity contribution in [1.82, 2.24) is 10.2 Å². The van der Waals surface area contributed by atoms with Gasteiger partial charge in [0, 0.05) is 19.5 Å². The molecule has 0 aliphatic rings. The Hall–Kier alpha value is -2.89. The summed E-state index contributed by atoms with van der Waals surface area (Å²) in [6.45, 7) is 4.06. The monoisotopic (exact) mass is 372 g/mol. The third kappa shape index (κ3) is 5.81. The average Bonchev–Trinajstić information content (AvgIpc) is 2.70. The first-order valence-electron chi connectivity index (χ1n) is 8.89. The number of halogens is 1. The van der Waals surface area contributed by atoms with Gasteiger partial charge in [0.1, 0.15) is 17.6 Å². The zero-order valence-corrected chi connectivity index (χ0v) is 15.9. The van der Waals surface area contributed by atoms with Gasteiger partial charge < -0.3 is 15.0 Å². The molecule has 2 amide bonds. The number of nitrogens with zero attached hydrogens (tertiary/aromatic N) is 1. The molecule has 27 heavy (non-hydrogen) atoms. The molecule has 0 heterocycles. The Kier molecular flexibility index (Phi) is 7.34. The van der Waals surface area contributed by atoms with Crippen LogP contribution >= 0.6 is 0 Å². The summed E-state index contributed by atoms with van der Waals surface area (Å²) in [5, 5.41) is 2.86. The lowest BCUT2D eigenvalue weighted by molar-refractivity contribution is -0.140. The molecule has 144 valence electrons. The van der Waals surface area contributed by atoms with Crippen LogP contribution in [0.3, 0.4) is 0 Å². The van der Waals surface area contributed by atoms with E-state index in [9.17, 15) is 14.0 Å². The molecule has 0 fully saturated rings. The summed E-state index contributed by atoms with van der Waals surface area (Å²) >= 11 is 0. The number of amides is 2. The van der Waals surface area contributed by atoms with Crippen molar-refractivity contribution in [2.75, 3.05) is 7.11 Å². The van der Waals surface area contributed by atoms with Crippen LogP contribution in [0.4, 0.5) is 4.39 Å². The van der Waals surface area contributed by atoms with E-state index in [2.05, 4.69) is 5.32 Å². The van der Waals surface area contributed by atoms with Crippen molar-refractivity contribution in [3.8, 4) is 5.75 Å². The fourth-order valence-electron chi connectivity index (χ4n) is 2.65. The van der Waals surface area contributed by atoms with Gasteiger partial charge in [-0.25, -0.2) is 4.39 Å². The molecule has 0 radical (unpaired) electrons. The Morgan fingerprint density at radius 2 is 1.67 bits per heavy atom. The number of methoxy groups -OCH3 is 1. The first-order valence-corrected chi connectivity index (χ1v) is 8.89. The molecule has 5 nitrogen and oxygen atoms in total. The normalized spacial score (nSPS) is 11.6. The Labute approximate surface area is 159 Å². The third-order valence-electron chi connectivity index (χ3n) is 4.36. The fourth-order valence-corrected chi connectivity index (χ4v) is 2.65. The van der Waals surface area contributed by atoms with Gasteiger partial charge in [0.15, 0.2) is 0 Å². The van der Waals surface area contributed by atoms with E-state index in [-0.39, 0.29) is 30.6 Å². The summed E-state index contributed by atoms with van der Waals surface area (Å²) < 4.78 is 18.2. The Bertz CT molecular complexity index is 760. The van der Waals surface area contributed by atoms with Crippen molar-refractivity contribution in [3.05, 3.63) is 65.5 Å². The van der Waals surface area contributed by atoms with Crippen LogP contribution in [0.5, 0.6) is 5.75 Å². The van der Waals surface area contributed by atoms with E-state index < -0.39 is 6.04 Å². The molecule has 0 saturated carbocycles. The second kappa shape index (κ2) is 9.71. The zero-order valence-electron chi connectivity index (χ0n) is 15.9. The molecule has 6 heteroatoms. The minimum Gasteiger partial charge on any atom is -0.497 e. The summed E-state index contributed by atoms with van der Waals surface area (Å²) in [6.07, 6.45) is 0.289. The van der Waals surface area contributed by atoms with Gasteiger partial charge in [0.25, 0.3) is 0 Å². The molecule has 0 bridgehead atoms. The van der Waals surface area contributed by atoms with Crippen LogP contribution < -0.4 is 10.1 Å². The number of ether oxygens (including phenoxy) is 1. The number of nitrogens with one attached hydrogen (secondary N) is 1. The Morgan fingerprint density at radius 3 is 2.22 bits per heavy atom. The summed E-state index contributed by atoms with van der Waals surface area (Å²) in [4.78, 5) is 26.4. The Balaban J connectivity index is 2.01. The maximum Gasteiger partial charge on any atom is 0.242 e. The Morgan fingerprint density at radius 1 is 1.07 bits per heavy atom. The fraction of sp³-hybridized carbons (Fsp3) is 0.333. The highest BCUT2D eigenvalue weighted by Gasteiger charge is 2.24. The first-order chi connectivity index (χ1) is 12.9. The molecular weight excluding hydrogens is 347 g/mol. The van der Waals surface area contributed by atoms with Gasteiger partial charge in [0.05, 0.1) is 7.11 Å². The van der Waals surface area contributed by atoms with Gasteiger partial charge in [-0.1, -0.05) is 31.2 Å². The molecule has 2 aromatic carbocycles. The molecule has 0 spiro atoms. The SMILES string of the molecule is CCC(=O)N(Cc1ccc(F)cc1)[C@H](C)C(=O)NCc1ccc(OC)cc1. The van der Waals surface area contributed by atoms with Gasteiger partial charge in [-0.15, -0.1) is 0 Å². The number of carbonyl (C=O) groups is 2. The summed E-state index contributed by atoms with van der Waals surface area (Å²) in [6, 6.07) is 12.7. The molecule has 2 rings (SSSR count). The number of hydrogen-bond donors (Lipinski definition) is 1. The third-order valence-corrected chi connectivity index (χ3v) is 4.36. The van der Waals surface area contributed by atoms with Crippen LogP contribution in [0.15, 0.2) is 48.5 Å². The number of rotatable bonds is 8. The topological polar surface area (TPSA) is 58.6 Å². The predicted molar refractivity (Wildman–Crippen MR) is 102 cm³/mol. The lowest BCUT2D eigenvalue weighted by atomic mass is 10.1. The summed E-state index contributed by atoms with van der Waals surface area (Å²) in [5.41, 5.74) is 1.70. The van der Waals surface area contributed by atoms with Gasteiger partial charge >= 0.3 is 0 Å². The first kappa shape index (κ1) is 20.4. The minimum atomic E-state index is -0.638. The maximum absolute atomic E-state index is 13.1. The minimum absolute atomic E-state index is 0.133. The van der Waals surface area contributed by atoms with Crippen LogP contribution in [0.2, 0.25) is 0 Å². The molecule has 2 aromatic rings. The molecule has 0 aliphatic heterocycles. The van der Waals surface area contributed by atoms with E-state index in [0.717, 1.165) is 16.9 Å². The van der Waals surface area contributed by atoms with Gasteiger partial charge in [0.2, 0.25) is 11.8 Å². The second-order valence-electron chi connectivity index (χ2n) is 6.24. The number of hydrogen-bond acceptors (Lipinski definition) is 3. The highest BCUT2D eigenvalue weighted by Crippen LogP contribution is 2.13. The zero-order chi connectivity index (χ0) is 19.8. The quantitative estimate of drug-likeness (QED) is 0.774. The van der Waals surface area contributed by atoms with E-state index >= 15 is 0 Å². The standard InChI is InChI=1S/C21H25FN2O3/c1-4-20(25)24(14-17-5-9-18(22)10-6-17)15(2)21(26)23-13-16-7-11-19(27-3)12-8-16/h5-12,15H,4,13-14H2,1-3H3,(H,23,26)/t15-/m1/s1. The number of benzene rings is 2. The molecule has 0 saturated heterocycles. The van der Waals surface area contributed by atoms with Crippen molar-refractivity contribution < 1.29 is 18.7 Å².